The second-order valence-electron chi connectivity index (χ2n) is 14.3. The van der Waals surface area contributed by atoms with Crippen molar-refractivity contribution in [2.24, 2.45) is 5.92 Å². The Kier molecular flexibility index (Phi) is 6.37. The molecule has 0 radical (unpaired) electrons. The minimum atomic E-state index is -2.74. The number of furan rings is 1. The first kappa shape index (κ1) is 29.2. The van der Waals surface area contributed by atoms with Gasteiger partial charge < -0.3 is 9.15 Å². The number of ether oxygens (including phenoxy) is 1. The number of benzene rings is 5. The number of pyridine rings is 1. The Labute approximate surface area is 293 Å². The lowest BCUT2D eigenvalue weighted by Crippen LogP contribution is -2.76. The van der Waals surface area contributed by atoms with Gasteiger partial charge in [-0.2, -0.15) is 0 Å². The zero-order valence-electron chi connectivity index (χ0n) is 28.0. The van der Waals surface area contributed by atoms with Crippen molar-refractivity contribution in [2.75, 3.05) is 0 Å². The van der Waals surface area contributed by atoms with Gasteiger partial charge in [-0.1, -0.05) is 147 Å². The average Bonchev–Trinajstić information content (AvgIpc) is 3.67. The van der Waals surface area contributed by atoms with Gasteiger partial charge in [-0.25, -0.2) is 0 Å². The standard InChI is InChI=1S/C46H35NO2Si/c1-46(2)35-26-27-41-45(49-39-22-11-12-23-40(39)50(41,31-15-5-3-6-16-31)32-17-7-4-8-18-32)42(35)33-25-24-30(29-36(33)46)44-43(37-20-13-14-28-47-37)34-19-9-10-21-38(34)48-44/h3-29,33,36H,1-2H3. The van der Waals surface area contributed by atoms with Crippen molar-refractivity contribution in [3.8, 4) is 22.8 Å². The molecule has 0 N–H and O–H groups in total. The van der Waals surface area contributed by atoms with E-state index in [2.05, 4.69) is 147 Å². The second-order valence-corrected chi connectivity index (χ2v) is 18.0. The van der Waals surface area contributed by atoms with Crippen LogP contribution in [0.15, 0.2) is 168 Å². The van der Waals surface area contributed by atoms with Gasteiger partial charge in [-0.05, 0) is 61.9 Å². The van der Waals surface area contributed by atoms with Crippen molar-refractivity contribution in [1.29, 1.82) is 0 Å². The van der Waals surface area contributed by atoms with Crippen LogP contribution in [0.1, 0.15) is 36.7 Å². The lowest BCUT2D eigenvalue weighted by atomic mass is 9.73. The number of aromatic nitrogens is 1. The lowest BCUT2D eigenvalue weighted by molar-refractivity contribution is 0.393. The number of para-hydroxylation sites is 2. The van der Waals surface area contributed by atoms with E-state index in [9.17, 15) is 0 Å². The van der Waals surface area contributed by atoms with Crippen LogP contribution in [-0.4, -0.2) is 13.1 Å². The number of hydrogen-bond donors (Lipinski definition) is 0. The summed E-state index contributed by atoms with van der Waals surface area (Å²) < 4.78 is 13.8. The molecule has 3 nitrogen and oxygen atoms in total. The largest absolute Gasteiger partial charge is 0.457 e. The predicted molar refractivity (Wildman–Crippen MR) is 206 cm³/mol. The molecule has 10 rings (SSSR count). The van der Waals surface area contributed by atoms with Gasteiger partial charge in [-0.15, -0.1) is 0 Å². The highest BCUT2D eigenvalue weighted by Gasteiger charge is 2.53. The van der Waals surface area contributed by atoms with Crippen molar-refractivity contribution < 1.29 is 9.15 Å². The Bertz CT molecular complexity index is 2460. The molecule has 3 heterocycles. The maximum atomic E-state index is 7.14. The van der Waals surface area contributed by atoms with E-state index in [0.29, 0.717) is 0 Å². The molecule has 0 bridgehead atoms. The van der Waals surface area contributed by atoms with E-state index >= 15 is 0 Å². The van der Waals surface area contributed by atoms with Gasteiger partial charge in [0.2, 0.25) is 0 Å². The molecule has 5 aromatic carbocycles. The van der Waals surface area contributed by atoms with Crippen LogP contribution in [0.3, 0.4) is 0 Å². The number of rotatable bonds is 4. The normalized spacial score (nSPS) is 19.1. The van der Waals surface area contributed by atoms with Crippen molar-refractivity contribution in [2.45, 2.75) is 25.2 Å². The van der Waals surface area contributed by atoms with E-state index in [-0.39, 0.29) is 17.3 Å². The molecule has 1 aliphatic heterocycles. The van der Waals surface area contributed by atoms with Crippen LogP contribution >= 0.6 is 0 Å². The number of hydrogen-bond acceptors (Lipinski definition) is 3. The summed E-state index contributed by atoms with van der Waals surface area (Å²) >= 11 is 0. The SMILES string of the molecule is CC1(C)c2ccc3c(c2C2C=CC(c4oc5ccccc5c4-c4ccccn4)=CC21)Oc1ccccc1[Si]3(c1ccccc1)c1ccccc1. The van der Waals surface area contributed by atoms with Crippen LogP contribution in [-0.2, 0) is 5.41 Å². The average molecular weight is 662 g/mol. The molecule has 0 saturated heterocycles. The molecule has 0 spiro atoms. The fraction of sp³-hybridized carbons (Fsp3) is 0.109. The summed E-state index contributed by atoms with van der Waals surface area (Å²) in [6, 6.07) is 50.2. The molecule has 2 aromatic heterocycles. The Morgan fingerprint density at radius 2 is 1.38 bits per heavy atom. The second kappa shape index (κ2) is 10.9. The van der Waals surface area contributed by atoms with E-state index in [4.69, 9.17) is 14.1 Å². The van der Waals surface area contributed by atoms with Crippen LogP contribution < -0.4 is 25.5 Å². The van der Waals surface area contributed by atoms with Gasteiger partial charge >= 0.3 is 0 Å². The fourth-order valence-electron chi connectivity index (χ4n) is 9.14. The highest BCUT2D eigenvalue weighted by molar-refractivity contribution is 7.20. The van der Waals surface area contributed by atoms with Gasteiger partial charge in [0.1, 0.15) is 22.8 Å². The summed E-state index contributed by atoms with van der Waals surface area (Å²) in [5, 5.41) is 6.43. The van der Waals surface area contributed by atoms with Crippen LogP contribution in [0, 0.1) is 5.92 Å². The molecular formula is C46H35NO2Si. The minimum Gasteiger partial charge on any atom is -0.457 e. The molecule has 2 aliphatic carbocycles. The molecule has 240 valence electrons. The van der Waals surface area contributed by atoms with E-state index in [0.717, 1.165) is 45.1 Å². The zero-order chi connectivity index (χ0) is 33.5. The van der Waals surface area contributed by atoms with Crippen LogP contribution in [0.25, 0.3) is 27.8 Å². The van der Waals surface area contributed by atoms with Gasteiger partial charge in [0.15, 0.2) is 8.07 Å². The maximum absolute atomic E-state index is 7.14. The van der Waals surface area contributed by atoms with Crippen LogP contribution in [0.4, 0.5) is 0 Å². The van der Waals surface area contributed by atoms with Gasteiger partial charge in [0.25, 0.3) is 0 Å². The number of fused-ring (bicyclic) bond motifs is 7. The third-order valence-electron chi connectivity index (χ3n) is 11.4. The molecule has 7 aromatic rings. The van der Waals surface area contributed by atoms with Gasteiger partial charge in [0.05, 0.1) is 11.3 Å². The van der Waals surface area contributed by atoms with Crippen molar-refractivity contribution >= 4 is 45.4 Å². The summed E-state index contributed by atoms with van der Waals surface area (Å²) in [5.41, 5.74) is 6.46. The Morgan fingerprint density at radius 3 is 2.14 bits per heavy atom. The Morgan fingerprint density at radius 1 is 0.680 bits per heavy atom. The smallest absolute Gasteiger partial charge is 0.188 e. The quantitative estimate of drug-likeness (QED) is 0.177. The summed E-state index contributed by atoms with van der Waals surface area (Å²) in [6.07, 6.45) is 8.98. The van der Waals surface area contributed by atoms with E-state index in [1.165, 1.54) is 31.9 Å². The molecule has 4 heteroatoms. The third kappa shape index (κ3) is 4.00. The van der Waals surface area contributed by atoms with Gasteiger partial charge in [0, 0.05) is 28.6 Å². The molecule has 0 amide bonds. The first-order valence-electron chi connectivity index (χ1n) is 17.5. The Balaban J connectivity index is 1.19. The summed E-state index contributed by atoms with van der Waals surface area (Å²) in [5.74, 6) is 3.25. The number of nitrogens with zero attached hydrogens (tertiary/aromatic N) is 1. The highest BCUT2D eigenvalue weighted by Crippen LogP contribution is 2.58. The maximum Gasteiger partial charge on any atom is 0.188 e. The van der Waals surface area contributed by atoms with Crippen molar-refractivity contribution in [3.63, 3.8) is 0 Å². The highest BCUT2D eigenvalue weighted by atomic mass is 28.3. The van der Waals surface area contributed by atoms with Crippen LogP contribution in [0.5, 0.6) is 11.5 Å². The molecule has 0 saturated carbocycles. The first-order chi connectivity index (χ1) is 24.6. The minimum absolute atomic E-state index is 0.147. The molecule has 2 atom stereocenters. The Hall–Kier alpha value is -5.71. The predicted octanol–water partition coefficient (Wildman–Crippen LogP) is 8.62. The van der Waals surface area contributed by atoms with Crippen molar-refractivity contribution in [1.82, 2.24) is 4.98 Å². The molecule has 2 unspecified atom stereocenters. The van der Waals surface area contributed by atoms with Gasteiger partial charge in [-0.3, -0.25) is 4.98 Å². The fourth-order valence-corrected chi connectivity index (χ4v) is 14.1. The summed E-state index contributed by atoms with van der Waals surface area (Å²) in [7, 11) is -2.74. The first-order valence-corrected chi connectivity index (χ1v) is 19.5. The lowest BCUT2D eigenvalue weighted by Gasteiger charge is -2.40. The van der Waals surface area contributed by atoms with E-state index in [1.807, 2.05) is 30.5 Å². The molecule has 3 aliphatic rings. The number of allylic oxidation sites excluding steroid dienone is 4. The topological polar surface area (TPSA) is 35.3 Å². The van der Waals surface area contributed by atoms with Crippen molar-refractivity contribution in [3.05, 3.63) is 181 Å². The third-order valence-corrected chi connectivity index (χ3v) is 16.2. The van der Waals surface area contributed by atoms with E-state index < -0.39 is 8.07 Å². The molecule has 0 fully saturated rings. The van der Waals surface area contributed by atoms with Crippen LogP contribution in [0.2, 0.25) is 0 Å². The zero-order valence-corrected chi connectivity index (χ0v) is 29.0. The summed E-state index contributed by atoms with van der Waals surface area (Å²) in [4.78, 5) is 4.76. The molecule has 50 heavy (non-hydrogen) atoms. The monoisotopic (exact) mass is 661 g/mol. The van der Waals surface area contributed by atoms with E-state index in [1.54, 1.807) is 0 Å². The molecular weight excluding hydrogens is 627 g/mol. The summed E-state index contributed by atoms with van der Waals surface area (Å²) in [6.45, 7) is 4.79.